The lowest BCUT2D eigenvalue weighted by Gasteiger charge is -2.19. The Morgan fingerprint density at radius 3 is 1.74 bits per heavy atom. The van der Waals surface area contributed by atoms with Gasteiger partial charge in [-0.1, -0.05) is 60.7 Å². The third-order valence-electron chi connectivity index (χ3n) is 3.19. The minimum absolute atomic E-state index is 0.313. The van der Waals surface area contributed by atoms with E-state index < -0.39 is 0 Å². The summed E-state index contributed by atoms with van der Waals surface area (Å²) in [5.74, 6) is 0.321. The van der Waals surface area contributed by atoms with Crippen molar-refractivity contribution >= 4 is 0 Å². The molecule has 1 atom stereocenters. The Balaban J connectivity index is 2.14. The number of nitrogens with one attached hydrogen (secondary N) is 1. The lowest BCUT2D eigenvalue weighted by Crippen LogP contribution is -2.29. The van der Waals surface area contributed by atoms with E-state index in [9.17, 15) is 5.11 Å². The van der Waals surface area contributed by atoms with Crippen LogP contribution in [-0.2, 0) is 0 Å². The van der Waals surface area contributed by atoms with Crippen molar-refractivity contribution in [1.82, 2.24) is 5.32 Å². The third-order valence-corrected chi connectivity index (χ3v) is 3.19. The van der Waals surface area contributed by atoms with E-state index >= 15 is 0 Å². The monoisotopic (exact) mass is 255 g/mol. The molecule has 0 radical (unpaired) electrons. The summed E-state index contributed by atoms with van der Waals surface area (Å²) >= 11 is 0. The van der Waals surface area contributed by atoms with Gasteiger partial charge in [0.1, 0.15) is 0 Å². The van der Waals surface area contributed by atoms with E-state index in [0.717, 1.165) is 6.54 Å². The summed E-state index contributed by atoms with van der Waals surface area (Å²) in [4.78, 5) is 0. The van der Waals surface area contributed by atoms with Gasteiger partial charge in [-0.2, -0.15) is 0 Å². The predicted molar refractivity (Wildman–Crippen MR) is 79.3 cm³/mol. The first kappa shape index (κ1) is 13.8. The van der Waals surface area contributed by atoms with E-state index in [-0.39, 0.29) is 6.10 Å². The largest absolute Gasteiger partial charge is 0.392 e. The van der Waals surface area contributed by atoms with Crippen molar-refractivity contribution in [3.8, 4) is 0 Å². The summed E-state index contributed by atoms with van der Waals surface area (Å²) in [6, 6.07) is 21.0. The third kappa shape index (κ3) is 4.19. The molecule has 2 aromatic carbocycles. The fourth-order valence-electron chi connectivity index (χ4n) is 2.24. The molecule has 0 saturated heterocycles. The number of aliphatic hydroxyl groups is 1. The van der Waals surface area contributed by atoms with Gasteiger partial charge >= 0.3 is 0 Å². The Bertz CT molecular complexity index is 428. The number of hydrogen-bond donors (Lipinski definition) is 2. The van der Waals surface area contributed by atoms with Gasteiger partial charge in [0, 0.05) is 19.0 Å². The van der Waals surface area contributed by atoms with Crippen molar-refractivity contribution in [1.29, 1.82) is 0 Å². The maximum absolute atomic E-state index is 9.34. The normalized spacial score (nSPS) is 12.6. The molecule has 100 valence electrons. The van der Waals surface area contributed by atoms with Crippen LogP contribution in [0.4, 0.5) is 0 Å². The van der Waals surface area contributed by atoms with Crippen LogP contribution in [0.15, 0.2) is 60.7 Å². The van der Waals surface area contributed by atoms with Gasteiger partial charge in [0.25, 0.3) is 0 Å². The zero-order valence-corrected chi connectivity index (χ0v) is 11.3. The maximum Gasteiger partial charge on any atom is 0.0636 e. The molecule has 2 nitrogen and oxygen atoms in total. The predicted octanol–water partition coefficient (Wildman–Crippen LogP) is 2.79. The second kappa shape index (κ2) is 7.07. The fourth-order valence-corrected chi connectivity index (χ4v) is 2.24. The van der Waals surface area contributed by atoms with E-state index in [4.69, 9.17) is 0 Å². The van der Waals surface area contributed by atoms with Crippen LogP contribution < -0.4 is 5.32 Å². The van der Waals surface area contributed by atoms with E-state index in [1.807, 2.05) is 12.1 Å². The second-order valence-electron chi connectivity index (χ2n) is 4.88. The Hall–Kier alpha value is -1.64. The summed E-state index contributed by atoms with van der Waals surface area (Å²) in [5.41, 5.74) is 2.60. The molecule has 2 heteroatoms. The average molecular weight is 255 g/mol. The molecule has 0 spiro atoms. The van der Waals surface area contributed by atoms with Gasteiger partial charge in [0.2, 0.25) is 0 Å². The van der Waals surface area contributed by atoms with Crippen LogP contribution in [0, 0.1) is 0 Å². The highest BCUT2D eigenvalue weighted by Gasteiger charge is 2.13. The van der Waals surface area contributed by atoms with Crippen molar-refractivity contribution in [2.24, 2.45) is 0 Å². The second-order valence-corrected chi connectivity index (χ2v) is 4.88. The Morgan fingerprint density at radius 2 is 1.32 bits per heavy atom. The van der Waals surface area contributed by atoms with Crippen LogP contribution in [0.1, 0.15) is 24.0 Å². The number of aliphatic hydroxyl groups excluding tert-OH is 1. The van der Waals surface area contributed by atoms with E-state index in [0.29, 0.717) is 12.5 Å². The molecule has 0 heterocycles. The summed E-state index contributed by atoms with van der Waals surface area (Å²) in [6.45, 7) is 3.25. The molecule has 0 saturated carbocycles. The standard InChI is InChI=1S/C17H21NO/c1-14(19)12-18-13-17(15-8-4-2-5-9-15)16-10-6-3-7-11-16/h2-11,14,17-19H,12-13H2,1H3. The van der Waals surface area contributed by atoms with Crippen LogP contribution in [0.2, 0.25) is 0 Å². The molecule has 0 amide bonds. The van der Waals surface area contributed by atoms with Gasteiger partial charge in [-0.05, 0) is 18.1 Å². The van der Waals surface area contributed by atoms with Gasteiger partial charge in [-0.3, -0.25) is 0 Å². The molecule has 0 aliphatic heterocycles. The van der Waals surface area contributed by atoms with Gasteiger partial charge < -0.3 is 10.4 Å². The first-order valence-corrected chi connectivity index (χ1v) is 6.76. The topological polar surface area (TPSA) is 32.3 Å². The average Bonchev–Trinajstić information content (AvgIpc) is 2.45. The van der Waals surface area contributed by atoms with Crippen molar-refractivity contribution in [3.05, 3.63) is 71.8 Å². The molecule has 2 rings (SSSR count). The molecule has 0 fully saturated rings. The molecular formula is C17H21NO. The Kier molecular flexibility index (Phi) is 5.13. The molecule has 1 unspecified atom stereocenters. The minimum Gasteiger partial charge on any atom is -0.392 e. The SMILES string of the molecule is CC(O)CNCC(c1ccccc1)c1ccccc1. The summed E-state index contributed by atoms with van der Waals surface area (Å²) in [5, 5.41) is 12.7. The highest BCUT2D eigenvalue weighted by Crippen LogP contribution is 2.23. The van der Waals surface area contributed by atoms with Crippen molar-refractivity contribution in [3.63, 3.8) is 0 Å². The van der Waals surface area contributed by atoms with Gasteiger partial charge in [-0.15, -0.1) is 0 Å². The van der Waals surface area contributed by atoms with Crippen LogP contribution >= 0.6 is 0 Å². The molecule has 0 aliphatic rings. The lowest BCUT2D eigenvalue weighted by atomic mass is 9.91. The van der Waals surface area contributed by atoms with Gasteiger partial charge in [-0.25, -0.2) is 0 Å². The summed E-state index contributed by atoms with van der Waals surface area (Å²) in [7, 11) is 0. The van der Waals surface area contributed by atoms with Crippen molar-refractivity contribution < 1.29 is 5.11 Å². The molecule has 0 bridgehead atoms. The lowest BCUT2D eigenvalue weighted by molar-refractivity contribution is 0.191. The van der Waals surface area contributed by atoms with Crippen LogP contribution in [0.3, 0.4) is 0 Å². The van der Waals surface area contributed by atoms with Crippen LogP contribution in [0.5, 0.6) is 0 Å². The zero-order chi connectivity index (χ0) is 13.5. The van der Waals surface area contributed by atoms with Crippen LogP contribution in [-0.4, -0.2) is 24.3 Å². The van der Waals surface area contributed by atoms with Crippen LogP contribution in [0.25, 0.3) is 0 Å². The number of hydrogen-bond acceptors (Lipinski definition) is 2. The highest BCUT2D eigenvalue weighted by molar-refractivity contribution is 5.32. The van der Waals surface area contributed by atoms with Gasteiger partial charge in [0.05, 0.1) is 6.10 Å². The zero-order valence-electron chi connectivity index (χ0n) is 11.3. The maximum atomic E-state index is 9.34. The Labute approximate surface area is 115 Å². The molecular weight excluding hydrogens is 234 g/mol. The number of rotatable bonds is 6. The minimum atomic E-state index is -0.313. The smallest absolute Gasteiger partial charge is 0.0636 e. The first-order valence-electron chi connectivity index (χ1n) is 6.76. The van der Waals surface area contributed by atoms with Crippen molar-refractivity contribution in [2.45, 2.75) is 18.9 Å². The van der Waals surface area contributed by atoms with Crippen molar-refractivity contribution in [2.75, 3.05) is 13.1 Å². The molecule has 2 N–H and O–H groups in total. The molecule has 0 aromatic heterocycles. The highest BCUT2D eigenvalue weighted by atomic mass is 16.3. The van der Waals surface area contributed by atoms with E-state index in [1.54, 1.807) is 6.92 Å². The molecule has 0 aliphatic carbocycles. The summed E-state index contributed by atoms with van der Waals surface area (Å²) < 4.78 is 0. The molecule has 2 aromatic rings. The quantitative estimate of drug-likeness (QED) is 0.832. The van der Waals surface area contributed by atoms with E-state index in [2.05, 4.69) is 53.8 Å². The molecule has 19 heavy (non-hydrogen) atoms. The first-order chi connectivity index (χ1) is 9.27. The fraction of sp³-hybridized carbons (Fsp3) is 0.294. The van der Waals surface area contributed by atoms with Gasteiger partial charge in [0.15, 0.2) is 0 Å². The number of benzene rings is 2. The van der Waals surface area contributed by atoms with E-state index in [1.165, 1.54) is 11.1 Å². The summed E-state index contributed by atoms with van der Waals surface area (Å²) in [6.07, 6.45) is -0.313. The Morgan fingerprint density at radius 1 is 0.842 bits per heavy atom.